The van der Waals surface area contributed by atoms with E-state index in [4.69, 9.17) is 0 Å². The number of hydrogen-bond donors (Lipinski definition) is 0. The highest BCUT2D eigenvalue weighted by Crippen LogP contribution is 2.59. The summed E-state index contributed by atoms with van der Waals surface area (Å²) in [4.78, 5) is 4.43. The van der Waals surface area contributed by atoms with Gasteiger partial charge in [0.2, 0.25) is 0 Å². The molecule has 3 aromatic carbocycles. The van der Waals surface area contributed by atoms with E-state index >= 15 is 17.6 Å². The summed E-state index contributed by atoms with van der Waals surface area (Å²) in [5, 5.41) is 0. The summed E-state index contributed by atoms with van der Waals surface area (Å²) in [5.41, 5.74) is 1.82. The van der Waals surface area contributed by atoms with Gasteiger partial charge >= 0.3 is 0 Å². The van der Waals surface area contributed by atoms with E-state index in [2.05, 4.69) is 53.7 Å². The van der Waals surface area contributed by atoms with Crippen molar-refractivity contribution < 1.29 is 17.6 Å². The Morgan fingerprint density at radius 3 is 1.61 bits per heavy atom. The molecule has 226 valence electrons. The summed E-state index contributed by atoms with van der Waals surface area (Å²) < 4.78 is 64.5. The van der Waals surface area contributed by atoms with E-state index in [1.807, 2.05) is 24.3 Å². The van der Waals surface area contributed by atoms with E-state index in [-0.39, 0.29) is 44.2 Å². The van der Waals surface area contributed by atoms with Gasteiger partial charge in [-0.3, -0.25) is 0 Å². The molecule has 0 unspecified atom stereocenters. The topological polar surface area (TPSA) is 0 Å². The number of halogens is 4. The van der Waals surface area contributed by atoms with Gasteiger partial charge in [-0.2, -0.15) is 17.6 Å². The largest absolute Gasteiger partial charge is 0.299 e. The second-order valence-corrected chi connectivity index (χ2v) is 15.6. The number of alkyl halides is 4. The van der Waals surface area contributed by atoms with Gasteiger partial charge < -0.3 is 0 Å². The van der Waals surface area contributed by atoms with Crippen molar-refractivity contribution in [2.75, 3.05) is 0 Å². The summed E-state index contributed by atoms with van der Waals surface area (Å²) in [6.07, 6.45) is 1.64. The molecule has 2 aromatic heterocycles. The van der Waals surface area contributed by atoms with E-state index in [0.717, 1.165) is 33.0 Å². The van der Waals surface area contributed by atoms with Gasteiger partial charge in [0.05, 0.1) is 0 Å². The quantitative estimate of drug-likeness (QED) is 0.170. The van der Waals surface area contributed by atoms with Crippen LogP contribution in [0, 0.1) is 0 Å². The number of rotatable bonds is 5. The van der Waals surface area contributed by atoms with E-state index in [0.29, 0.717) is 16.7 Å². The normalized spacial score (nSPS) is 16.0. The lowest BCUT2D eigenvalue weighted by atomic mass is 9.77. The molecule has 2 aliphatic carbocycles. The maximum absolute atomic E-state index is 16.2. The number of fused-ring (bicyclic) bond motifs is 6. The fraction of sp³-hybridized carbons (Fsp3) is 0.316. The number of hydrogen-bond acceptors (Lipinski definition) is 2. The van der Waals surface area contributed by atoms with Gasteiger partial charge in [-0.05, 0) is 106 Å². The van der Waals surface area contributed by atoms with Crippen LogP contribution in [0.2, 0.25) is 0 Å². The summed E-state index contributed by atoms with van der Waals surface area (Å²) in [6.45, 7) is 12.8. The first kappa shape index (κ1) is 29.5. The van der Waals surface area contributed by atoms with Crippen LogP contribution in [0.4, 0.5) is 17.6 Å². The van der Waals surface area contributed by atoms with Crippen molar-refractivity contribution in [3.63, 3.8) is 0 Å². The predicted octanol–water partition coefficient (Wildman–Crippen LogP) is 12.8. The third-order valence-corrected chi connectivity index (χ3v) is 12.7. The zero-order valence-corrected chi connectivity index (χ0v) is 27.3. The molecule has 44 heavy (non-hydrogen) atoms. The molecular formula is C38H34F4S2. The minimum absolute atomic E-state index is 0.0598. The van der Waals surface area contributed by atoms with Gasteiger partial charge in [-0.25, -0.2) is 0 Å². The molecular weight excluding hydrogens is 597 g/mol. The van der Waals surface area contributed by atoms with Crippen LogP contribution in [-0.4, -0.2) is 0 Å². The summed E-state index contributed by atoms with van der Waals surface area (Å²) in [6, 6.07) is 21.1. The van der Waals surface area contributed by atoms with Crippen molar-refractivity contribution in [3.8, 4) is 42.4 Å². The molecule has 0 saturated carbocycles. The Morgan fingerprint density at radius 2 is 1.05 bits per heavy atom. The Hall–Kier alpha value is -3.22. The molecule has 0 nitrogen and oxygen atoms in total. The lowest BCUT2D eigenvalue weighted by Gasteiger charge is -2.28. The molecule has 0 amide bonds. The summed E-state index contributed by atoms with van der Waals surface area (Å²) in [5.74, 6) is -6.57. The van der Waals surface area contributed by atoms with E-state index < -0.39 is 11.8 Å². The molecule has 2 aliphatic rings. The Kier molecular flexibility index (Phi) is 6.46. The highest BCUT2D eigenvalue weighted by atomic mass is 32.1. The maximum Gasteiger partial charge on any atom is 0.299 e. The van der Waals surface area contributed by atoms with E-state index in [9.17, 15) is 0 Å². The first-order valence-corrected chi connectivity index (χ1v) is 16.8. The van der Waals surface area contributed by atoms with Gasteiger partial charge in [-0.15, -0.1) is 22.7 Å². The third-order valence-electron chi connectivity index (χ3n) is 9.87. The standard InChI is InChI=1S/C38H34F4S2/c1-7-36(6,8-2)22-10-12-24-26-20-29-25(19-30(26)38(41,42)28(24)18-22)23-11-9-21(17-27(23)37(29,39)40)31-13-14-32(43-31)33-15-16-34(44-33)35(3,4)5/h9-20H,7-8H2,1-6H3. The Morgan fingerprint density at radius 1 is 0.545 bits per heavy atom. The molecule has 7 rings (SSSR count). The van der Waals surface area contributed by atoms with Crippen molar-refractivity contribution >= 4 is 22.7 Å². The van der Waals surface area contributed by atoms with Crippen LogP contribution < -0.4 is 0 Å². The second kappa shape index (κ2) is 9.64. The van der Waals surface area contributed by atoms with Crippen LogP contribution in [0.15, 0.2) is 72.8 Å². The van der Waals surface area contributed by atoms with Crippen molar-refractivity contribution in [1.29, 1.82) is 0 Å². The fourth-order valence-electron chi connectivity index (χ4n) is 6.62. The van der Waals surface area contributed by atoms with Crippen LogP contribution in [0.1, 0.15) is 87.1 Å². The van der Waals surface area contributed by atoms with Gasteiger partial charge in [-0.1, -0.05) is 65.8 Å². The SMILES string of the molecule is CCC(C)(CC)c1ccc2c(c1)C(F)(F)c1cc3c(cc1-2)C(F)(F)c1cc(-c2ccc(-c4ccc(C(C)(C)C)s4)s2)ccc1-3. The maximum atomic E-state index is 16.2. The molecule has 0 saturated heterocycles. The molecule has 2 heterocycles. The van der Waals surface area contributed by atoms with Crippen molar-refractivity contribution in [2.45, 2.75) is 77.1 Å². The van der Waals surface area contributed by atoms with Crippen LogP contribution in [0.25, 0.3) is 42.4 Å². The third kappa shape index (κ3) is 4.20. The average Bonchev–Trinajstić information content (AvgIpc) is 3.77. The summed E-state index contributed by atoms with van der Waals surface area (Å²) >= 11 is 3.33. The van der Waals surface area contributed by atoms with Crippen molar-refractivity contribution in [3.05, 3.63) is 105 Å². The van der Waals surface area contributed by atoms with Gasteiger partial charge in [0.1, 0.15) is 0 Å². The molecule has 0 radical (unpaired) electrons. The molecule has 5 aromatic rings. The van der Waals surface area contributed by atoms with E-state index in [1.54, 1.807) is 46.9 Å². The molecule has 0 bridgehead atoms. The Balaban J connectivity index is 1.27. The van der Waals surface area contributed by atoms with Crippen LogP contribution in [0.5, 0.6) is 0 Å². The monoisotopic (exact) mass is 630 g/mol. The van der Waals surface area contributed by atoms with Crippen molar-refractivity contribution in [1.82, 2.24) is 0 Å². The highest BCUT2D eigenvalue weighted by molar-refractivity contribution is 7.24. The lowest BCUT2D eigenvalue weighted by molar-refractivity contribution is 0.0450. The molecule has 6 heteroatoms. The Bertz CT molecular complexity index is 1950. The average molecular weight is 631 g/mol. The van der Waals surface area contributed by atoms with Crippen LogP contribution in [-0.2, 0) is 22.7 Å². The molecule has 0 N–H and O–H groups in total. The predicted molar refractivity (Wildman–Crippen MR) is 177 cm³/mol. The fourth-order valence-corrected chi connectivity index (χ4v) is 8.78. The van der Waals surface area contributed by atoms with Crippen LogP contribution in [0.3, 0.4) is 0 Å². The summed E-state index contributed by atoms with van der Waals surface area (Å²) in [7, 11) is 0. The number of thiophene rings is 2. The molecule has 0 aliphatic heterocycles. The minimum atomic E-state index is -3.30. The van der Waals surface area contributed by atoms with E-state index in [1.165, 1.54) is 17.0 Å². The lowest BCUT2D eigenvalue weighted by Crippen LogP contribution is -2.20. The second-order valence-electron chi connectivity index (χ2n) is 13.5. The van der Waals surface area contributed by atoms with Gasteiger partial charge in [0, 0.05) is 41.8 Å². The molecule has 0 spiro atoms. The smallest absolute Gasteiger partial charge is 0.196 e. The zero-order chi connectivity index (χ0) is 31.4. The van der Waals surface area contributed by atoms with Crippen molar-refractivity contribution in [2.24, 2.45) is 0 Å². The number of benzene rings is 3. The van der Waals surface area contributed by atoms with Crippen LogP contribution >= 0.6 is 22.7 Å². The first-order chi connectivity index (χ1) is 20.7. The zero-order valence-electron chi connectivity index (χ0n) is 25.7. The highest BCUT2D eigenvalue weighted by Gasteiger charge is 2.50. The minimum Gasteiger partial charge on any atom is -0.196 e. The van der Waals surface area contributed by atoms with Gasteiger partial charge in [0.25, 0.3) is 11.8 Å². The molecule has 0 atom stereocenters. The first-order valence-electron chi connectivity index (χ1n) is 15.1. The van der Waals surface area contributed by atoms with Gasteiger partial charge in [0.15, 0.2) is 0 Å². The Labute approximate surface area is 264 Å². The molecule has 0 fully saturated rings.